The summed E-state index contributed by atoms with van der Waals surface area (Å²) in [7, 11) is -5.11. The van der Waals surface area contributed by atoms with Crippen LogP contribution in [0.1, 0.15) is 90.9 Å². The van der Waals surface area contributed by atoms with Crippen LogP contribution in [0.2, 0.25) is 0 Å². The topological polar surface area (TPSA) is 160 Å². The van der Waals surface area contributed by atoms with Gasteiger partial charge in [0, 0.05) is 0 Å². The average molecular weight is 495 g/mol. The smallest absolute Gasteiger partial charge is 0.505 e. The van der Waals surface area contributed by atoms with Crippen LogP contribution in [0.15, 0.2) is 11.5 Å². The molecule has 10 nitrogen and oxygen atoms in total. The van der Waals surface area contributed by atoms with Crippen molar-refractivity contribution in [2.24, 2.45) is 5.92 Å². The van der Waals surface area contributed by atoms with E-state index in [0.29, 0.717) is 12.8 Å². The lowest BCUT2D eigenvalue weighted by Gasteiger charge is -2.20. The Kier molecular flexibility index (Phi) is 13.7. The van der Waals surface area contributed by atoms with Gasteiger partial charge < -0.3 is 24.2 Å². The highest BCUT2D eigenvalue weighted by Crippen LogP contribution is 2.42. The molecule has 1 aliphatic heterocycles. The summed E-state index contributed by atoms with van der Waals surface area (Å²) < 4.78 is 25.0. The molecule has 0 saturated carbocycles. The van der Waals surface area contributed by atoms with Crippen molar-refractivity contribution in [1.29, 1.82) is 0 Å². The second kappa shape index (κ2) is 15.3. The second-order valence-electron chi connectivity index (χ2n) is 8.42. The first-order valence-corrected chi connectivity index (χ1v) is 13.4. The van der Waals surface area contributed by atoms with Crippen molar-refractivity contribution in [1.82, 2.24) is 0 Å². The van der Waals surface area contributed by atoms with Gasteiger partial charge in [0.25, 0.3) is 5.76 Å². The molecule has 0 radical (unpaired) electrons. The summed E-state index contributed by atoms with van der Waals surface area (Å²) >= 11 is 0. The Hall–Kier alpha value is -1.61. The summed E-state index contributed by atoms with van der Waals surface area (Å²) in [6, 6.07) is 0. The van der Waals surface area contributed by atoms with Crippen molar-refractivity contribution in [3.8, 4) is 0 Å². The summed E-state index contributed by atoms with van der Waals surface area (Å²) in [6.45, 7) is 3.72. The molecule has 0 aliphatic carbocycles. The fourth-order valence-electron chi connectivity index (χ4n) is 3.66. The first-order chi connectivity index (χ1) is 15.6. The van der Waals surface area contributed by atoms with Crippen molar-refractivity contribution in [2.75, 3.05) is 6.61 Å². The van der Waals surface area contributed by atoms with Crippen LogP contribution >= 0.6 is 7.82 Å². The van der Waals surface area contributed by atoms with E-state index in [0.717, 1.165) is 44.9 Å². The van der Waals surface area contributed by atoms with Crippen molar-refractivity contribution >= 4 is 19.8 Å². The zero-order valence-corrected chi connectivity index (χ0v) is 20.5. The molecule has 0 aromatic rings. The molecule has 4 N–H and O–H groups in total. The minimum absolute atomic E-state index is 0.302. The molecular formula is C22H39O10P. The monoisotopic (exact) mass is 494 g/mol. The minimum atomic E-state index is -5.11. The Bertz CT molecular complexity index is 687. The van der Waals surface area contributed by atoms with E-state index in [2.05, 4.69) is 18.4 Å². The first kappa shape index (κ1) is 29.4. The fourth-order valence-corrected chi connectivity index (χ4v) is 4.07. The van der Waals surface area contributed by atoms with Crippen LogP contribution in [-0.2, 0) is 28.2 Å². The average Bonchev–Trinajstić information content (AvgIpc) is 3.02. The molecule has 192 valence electrons. The van der Waals surface area contributed by atoms with Gasteiger partial charge in [-0.1, -0.05) is 78.1 Å². The molecule has 0 saturated heterocycles. The highest BCUT2D eigenvalue weighted by molar-refractivity contribution is 7.46. The number of hydrogen-bond acceptors (Lipinski definition) is 8. The van der Waals surface area contributed by atoms with Gasteiger partial charge in [0.1, 0.15) is 12.7 Å². The highest BCUT2D eigenvalue weighted by Gasteiger charge is 2.43. The maximum Gasteiger partial charge on any atom is 0.525 e. The minimum Gasteiger partial charge on any atom is -0.505 e. The van der Waals surface area contributed by atoms with Crippen LogP contribution in [-0.4, -0.2) is 50.8 Å². The van der Waals surface area contributed by atoms with Gasteiger partial charge in [-0.25, -0.2) is 9.36 Å². The molecule has 1 heterocycles. The number of esters is 2. The summed E-state index contributed by atoms with van der Waals surface area (Å²) in [5.74, 6) is -4.13. The third kappa shape index (κ3) is 11.4. The third-order valence-electron chi connectivity index (χ3n) is 5.52. The predicted molar refractivity (Wildman–Crippen MR) is 120 cm³/mol. The van der Waals surface area contributed by atoms with Gasteiger partial charge in [-0.05, 0) is 12.8 Å². The van der Waals surface area contributed by atoms with E-state index in [-0.39, 0.29) is 5.92 Å². The second-order valence-corrected chi connectivity index (χ2v) is 9.59. The lowest BCUT2D eigenvalue weighted by molar-refractivity contribution is -0.158. The maximum atomic E-state index is 12.6. The van der Waals surface area contributed by atoms with Crippen molar-refractivity contribution in [3.05, 3.63) is 11.5 Å². The van der Waals surface area contributed by atoms with Crippen LogP contribution in [0.5, 0.6) is 0 Å². The van der Waals surface area contributed by atoms with Gasteiger partial charge in [-0.2, -0.15) is 0 Å². The Morgan fingerprint density at radius 1 is 1.00 bits per heavy atom. The van der Waals surface area contributed by atoms with E-state index in [1.165, 1.54) is 19.3 Å². The number of phosphoric acid groups is 1. The number of cyclic esters (lactones) is 1. The molecule has 0 aromatic heterocycles. The summed E-state index contributed by atoms with van der Waals surface area (Å²) in [6.07, 6.45) is 8.85. The van der Waals surface area contributed by atoms with Crippen molar-refractivity contribution in [2.45, 2.75) is 103 Å². The predicted octanol–water partition coefficient (Wildman–Crippen LogP) is 4.03. The summed E-state index contributed by atoms with van der Waals surface area (Å²) in [5.41, 5.74) is 0. The van der Waals surface area contributed by atoms with Gasteiger partial charge in [0.2, 0.25) is 0 Å². The van der Waals surface area contributed by atoms with Crippen LogP contribution < -0.4 is 0 Å². The zero-order chi connectivity index (χ0) is 24.9. The Morgan fingerprint density at radius 3 is 2.06 bits per heavy atom. The third-order valence-corrected chi connectivity index (χ3v) is 5.94. The molecule has 0 amide bonds. The molecular weight excluding hydrogens is 455 g/mol. The van der Waals surface area contributed by atoms with Crippen LogP contribution in [0.4, 0.5) is 0 Å². The Labute approximate surface area is 195 Å². The van der Waals surface area contributed by atoms with E-state index in [1.807, 2.05) is 0 Å². The standard InChI is InChI=1S/C22H39O10P/c1-3-5-7-9-10-12-14-16(13-11-8-6-4-2)21(25)30-15-17(23)19-18(24)20(22(26)31-19)32-33(27,28)29/h16-17,19,23-24H,3-15H2,1-2H3,(H2,27,28,29)/t16?,17-,19+/m0/s1. The fraction of sp³-hybridized carbons (Fsp3) is 0.818. The SMILES string of the molecule is CCCCCCCCC(CCCCCC)C(=O)OC[C@H](O)[C@H]1OC(=O)C(OP(=O)(O)O)=C1O. The van der Waals surface area contributed by atoms with Crippen LogP contribution in [0.3, 0.4) is 0 Å². The van der Waals surface area contributed by atoms with Gasteiger partial charge in [0.15, 0.2) is 11.9 Å². The number of ether oxygens (including phenoxy) is 2. The molecule has 1 unspecified atom stereocenters. The largest absolute Gasteiger partial charge is 0.525 e. The summed E-state index contributed by atoms with van der Waals surface area (Å²) in [5, 5.41) is 20.2. The quantitative estimate of drug-likeness (QED) is 0.124. The molecule has 1 rings (SSSR count). The number of carbonyl (C=O) groups is 2. The number of carbonyl (C=O) groups excluding carboxylic acids is 2. The Balaban J connectivity index is 2.60. The van der Waals surface area contributed by atoms with Gasteiger partial charge in [0.05, 0.1) is 5.92 Å². The lowest BCUT2D eigenvalue weighted by Crippen LogP contribution is -2.34. The van der Waals surface area contributed by atoms with Gasteiger partial charge in [-0.3, -0.25) is 14.6 Å². The lowest BCUT2D eigenvalue weighted by atomic mass is 9.94. The number of rotatable bonds is 18. The summed E-state index contributed by atoms with van der Waals surface area (Å²) in [4.78, 5) is 42.0. The van der Waals surface area contributed by atoms with E-state index < -0.39 is 50.1 Å². The van der Waals surface area contributed by atoms with Crippen molar-refractivity contribution in [3.63, 3.8) is 0 Å². The van der Waals surface area contributed by atoms with Crippen LogP contribution in [0.25, 0.3) is 0 Å². The van der Waals surface area contributed by atoms with E-state index in [9.17, 15) is 24.4 Å². The first-order valence-electron chi connectivity index (χ1n) is 11.8. The number of phosphoric ester groups is 1. The number of unbranched alkanes of at least 4 members (excludes halogenated alkanes) is 8. The molecule has 0 bridgehead atoms. The molecule has 33 heavy (non-hydrogen) atoms. The van der Waals surface area contributed by atoms with Crippen LogP contribution in [0, 0.1) is 5.92 Å². The molecule has 3 atom stereocenters. The van der Waals surface area contributed by atoms with E-state index in [4.69, 9.17) is 19.3 Å². The molecule has 0 fully saturated rings. The maximum absolute atomic E-state index is 12.6. The molecule has 0 aromatic carbocycles. The zero-order valence-electron chi connectivity index (χ0n) is 19.6. The Morgan fingerprint density at radius 2 is 1.52 bits per heavy atom. The van der Waals surface area contributed by atoms with E-state index >= 15 is 0 Å². The molecule has 1 aliphatic rings. The van der Waals surface area contributed by atoms with Gasteiger partial charge in [-0.15, -0.1) is 0 Å². The number of aliphatic hydroxyl groups excluding tert-OH is 2. The van der Waals surface area contributed by atoms with E-state index in [1.54, 1.807) is 0 Å². The number of hydrogen-bond donors (Lipinski definition) is 4. The number of aliphatic hydroxyl groups is 2. The van der Waals surface area contributed by atoms with Crippen molar-refractivity contribution < 1.29 is 48.2 Å². The highest BCUT2D eigenvalue weighted by atomic mass is 31.2. The molecule has 0 spiro atoms. The molecule has 11 heteroatoms. The normalized spacial score (nSPS) is 18.2. The van der Waals surface area contributed by atoms with Gasteiger partial charge >= 0.3 is 19.8 Å².